The van der Waals surface area contributed by atoms with Crippen molar-refractivity contribution in [3.8, 4) is 16.9 Å². The summed E-state index contributed by atoms with van der Waals surface area (Å²) in [5.74, 6) is -0.0730. The van der Waals surface area contributed by atoms with Crippen molar-refractivity contribution in [2.24, 2.45) is 0 Å². The van der Waals surface area contributed by atoms with Gasteiger partial charge in [-0.15, -0.1) is 0 Å². The van der Waals surface area contributed by atoms with Gasteiger partial charge in [-0.25, -0.2) is 4.79 Å². The van der Waals surface area contributed by atoms with Crippen LogP contribution in [0.3, 0.4) is 0 Å². The smallest absolute Gasteiger partial charge is 0.417 e. The van der Waals surface area contributed by atoms with Crippen molar-refractivity contribution in [3.05, 3.63) is 58.7 Å². The van der Waals surface area contributed by atoms with Crippen molar-refractivity contribution in [2.75, 3.05) is 19.7 Å². The average molecular weight is 473 g/mol. The third-order valence-electron chi connectivity index (χ3n) is 6.31. The van der Waals surface area contributed by atoms with Gasteiger partial charge in [0.05, 0.1) is 12.2 Å². The first-order valence-electron chi connectivity index (χ1n) is 11.5. The van der Waals surface area contributed by atoms with Gasteiger partial charge in [-0.3, -0.25) is 0 Å². The van der Waals surface area contributed by atoms with Crippen molar-refractivity contribution in [1.29, 1.82) is 0 Å². The van der Waals surface area contributed by atoms with Crippen LogP contribution >= 0.6 is 0 Å². The molecule has 0 radical (unpaired) electrons. The monoisotopic (exact) mass is 473 g/mol. The molecular formula is C25H27BF3NO4. The number of fused-ring (bicyclic) bond motifs is 1. The Morgan fingerprint density at radius 1 is 1.18 bits per heavy atom. The normalized spacial score (nSPS) is 16.7. The van der Waals surface area contributed by atoms with Crippen molar-refractivity contribution in [1.82, 2.24) is 4.81 Å². The van der Waals surface area contributed by atoms with Gasteiger partial charge in [-0.1, -0.05) is 18.2 Å². The summed E-state index contributed by atoms with van der Waals surface area (Å²) in [6.07, 6.45) is -1.42. The van der Waals surface area contributed by atoms with Gasteiger partial charge in [0, 0.05) is 17.6 Å². The molecular weight excluding hydrogens is 446 g/mol. The lowest BCUT2D eigenvalue weighted by molar-refractivity contribution is -0.138. The van der Waals surface area contributed by atoms with Crippen LogP contribution in [0.2, 0.25) is 6.82 Å². The van der Waals surface area contributed by atoms with Crippen LogP contribution in [-0.4, -0.2) is 48.7 Å². The highest BCUT2D eigenvalue weighted by Crippen LogP contribution is 2.43. The van der Waals surface area contributed by atoms with E-state index >= 15 is 0 Å². The maximum absolute atomic E-state index is 13.8. The number of hydrogen-bond donors (Lipinski definition) is 1. The van der Waals surface area contributed by atoms with E-state index < -0.39 is 24.8 Å². The van der Waals surface area contributed by atoms with Gasteiger partial charge in [-0.05, 0) is 80.6 Å². The maximum Gasteiger partial charge on any atom is 0.417 e. The van der Waals surface area contributed by atoms with E-state index in [9.17, 15) is 23.0 Å². The molecule has 0 saturated carbocycles. The molecule has 1 N–H and O–H groups in total. The molecule has 2 aliphatic rings. The molecule has 1 aliphatic carbocycles. The number of halogens is 3. The number of nitrogens with zero attached hydrogens (tertiary/aromatic N) is 1. The number of benzene rings is 2. The van der Waals surface area contributed by atoms with Crippen LogP contribution in [-0.2, 0) is 22.1 Å². The number of carbonyl (C=O) groups is 1. The summed E-state index contributed by atoms with van der Waals surface area (Å²) >= 11 is 0. The van der Waals surface area contributed by atoms with Gasteiger partial charge in [0.2, 0.25) is 0 Å². The van der Waals surface area contributed by atoms with Gasteiger partial charge in [0.25, 0.3) is 0 Å². The molecule has 0 bridgehead atoms. The van der Waals surface area contributed by atoms with Gasteiger partial charge >= 0.3 is 19.2 Å². The zero-order valence-corrected chi connectivity index (χ0v) is 19.2. The second kappa shape index (κ2) is 9.84. The number of ether oxygens (including phenoxy) is 2. The van der Waals surface area contributed by atoms with Crippen LogP contribution in [0.25, 0.3) is 17.2 Å². The number of esters is 1. The zero-order valence-electron chi connectivity index (χ0n) is 19.2. The summed E-state index contributed by atoms with van der Waals surface area (Å²) in [5, 5.41) is 9.80. The molecule has 0 atom stereocenters. The van der Waals surface area contributed by atoms with Gasteiger partial charge < -0.3 is 19.3 Å². The van der Waals surface area contributed by atoms with E-state index in [2.05, 4.69) is 0 Å². The van der Waals surface area contributed by atoms with Crippen LogP contribution in [0.1, 0.15) is 36.5 Å². The standard InChI is InChI=1S/C25H27BF3NO4/c1-3-33-24(31)18-12-16-14-21(20-6-4-5-7-22(20)25(27,28)29)23(15-17(16)13-18)34-19-8-10-30(11-9-19)26(2)32/h4-7,13-15,19,32H,3,8-12H2,1-2H3. The molecule has 5 nitrogen and oxygen atoms in total. The van der Waals surface area contributed by atoms with Crippen molar-refractivity contribution in [3.63, 3.8) is 0 Å². The Morgan fingerprint density at radius 2 is 1.88 bits per heavy atom. The molecule has 4 rings (SSSR count). The predicted octanol–water partition coefficient (Wildman–Crippen LogP) is 4.83. The topological polar surface area (TPSA) is 59.0 Å². The van der Waals surface area contributed by atoms with Gasteiger partial charge in [0.15, 0.2) is 0 Å². The zero-order chi connectivity index (χ0) is 24.5. The fourth-order valence-electron chi connectivity index (χ4n) is 4.55. The number of hydrogen-bond acceptors (Lipinski definition) is 5. The summed E-state index contributed by atoms with van der Waals surface area (Å²) in [7, 11) is -0.554. The minimum Gasteiger partial charge on any atom is -0.490 e. The highest BCUT2D eigenvalue weighted by Gasteiger charge is 2.35. The van der Waals surface area contributed by atoms with Gasteiger partial charge in [-0.2, -0.15) is 13.2 Å². The van der Waals surface area contributed by atoms with E-state index in [-0.39, 0.29) is 18.3 Å². The Bertz CT molecular complexity index is 1090. The molecule has 0 amide bonds. The number of alkyl halides is 3. The minimum atomic E-state index is -4.52. The number of rotatable bonds is 6. The molecule has 1 fully saturated rings. The average Bonchev–Trinajstić information content (AvgIpc) is 3.22. The van der Waals surface area contributed by atoms with Crippen LogP contribution in [0.5, 0.6) is 5.75 Å². The lowest BCUT2D eigenvalue weighted by Gasteiger charge is -2.33. The Morgan fingerprint density at radius 3 is 2.53 bits per heavy atom. The molecule has 2 aromatic rings. The molecule has 2 aromatic carbocycles. The summed E-state index contributed by atoms with van der Waals surface area (Å²) < 4.78 is 52.9. The summed E-state index contributed by atoms with van der Waals surface area (Å²) in [4.78, 5) is 14.2. The first-order valence-corrected chi connectivity index (χ1v) is 11.5. The van der Waals surface area contributed by atoms with Crippen molar-refractivity contribution >= 4 is 19.1 Å². The predicted molar refractivity (Wildman–Crippen MR) is 124 cm³/mol. The Hall–Kier alpha value is -2.78. The molecule has 1 aliphatic heterocycles. The van der Waals surface area contributed by atoms with Crippen LogP contribution in [0.4, 0.5) is 13.2 Å². The van der Waals surface area contributed by atoms with Crippen molar-refractivity contribution in [2.45, 2.75) is 45.3 Å². The van der Waals surface area contributed by atoms with E-state index in [0.717, 1.165) is 17.2 Å². The fourth-order valence-corrected chi connectivity index (χ4v) is 4.55. The van der Waals surface area contributed by atoms with E-state index in [1.807, 2.05) is 4.81 Å². The molecule has 9 heteroatoms. The molecule has 0 unspecified atom stereocenters. The number of carbonyl (C=O) groups excluding carboxylic acids is 1. The highest BCUT2D eigenvalue weighted by atomic mass is 19.4. The molecule has 180 valence electrons. The van der Waals surface area contributed by atoms with Crippen molar-refractivity contribution < 1.29 is 32.5 Å². The fraction of sp³-hybridized carbons (Fsp3) is 0.400. The highest BCUT2D eigenvalue weighted by molar-refractivity contribution is 6.45. The molecule has 34 heavy (non-hydrogen) atoms. The summed E-state index contributed by atoms with van der Waals surface area (Å²) in [5.41, 5.74) is 1.62. The Kier molecular flexibility index (Phi) is 7.05. The quantitative estimate of drug-likeness (QED) is 0.481. The van der Waals surface area contributed by atoms with E-state index in [1.54, 1.807) is 38.0 Å². The van der Waals surface area contributed by atoms with E-state index in [1.165, 1.54) is 12.1 Å². The second-order valence-electron chi connectivity index (χ2n) is 8.64. The minimum absolute atomic E-state index is 0.0406. The van der Waals surface area contributed by atoms with Crippen LogP contribution in [0.15, 0.2) is 42.0 Å². The molecule has 0 aromatic heterocycles. The molecule has 0 spiro atoms. The third-order valence-corrected chi connectivity index (χ3v) is 6.31. The lowest BCUT2D eigenvalue weighted by atomic mass is 9.82. The van der Waals surface area contributed by atoms with Crippen LogP contribution < -0.4 is 4.74 Å². The Labute approximate surface area is 197 Å². The molecule has 1 heterocycles. The summed E-state index contributed by atoms with van der Waals surface area (Å²) in [6.45, 7) is 4.95. The Balaban J connectivity index is 1.72. The SMILES string of the molecule is CCOC(=O)C1=Cc2cc(OC3CCN(B(C)O)CC3)c(-c3ccccc3C(F)(F)F)cc2C1. The van der Waals surface area contributed by atoms with Gasteiger partial charge in [0.1, 0.15) is 11.9 Å². The largest absolute Gasteiger partial charge is 0.490 e. The maximum atomic E-state index is 13.8. The van der Waals surface area contributed by atoms with Crippen LogP contribution in [0, 0.1) is 0 Å². The lowest BCUT2D eigenvalue weighted by Crippen LogP contribution is -2.45. The number of piperidine rings is 1. The first-order chi connectivity index (χ1) is 16.2. The first kappa shape index (κ1) is 24.4. The van der Waals surface area contributed by atoms with E-state index in [0.29, 0.717) is 49.2 Å². The van der Waals surface area contributed by atoms with E-state index in [4.69, 9.17) is 9.47 Å². The second-order valence-corrected chi connectivity index (χ2v) is 8.64. The molecule has 1 saturated heterocycles. The third kappa shape index (κ3) is 5.15. The summed E-state index contributed by atoms with van der Waals surface area (Å²) in [6, 6.07) is 8.88.